The van der Waals surface area contributed by atoms with Crippen LogP contribution in [0.5, 0.6) is 0 Å². The topological polar surface area (TPSA) is 67.4 Å². The van der Waals surface area contributed by atoms with Gasteiger partial charge >= 0.3 is 0 Å². The molecule has 0 heterocycles. The molecular formula is C14H24N2O3S. The Morgan fingerprint density at radius 3 is 2.60 bits per heavy atom. The fourth-order valence-corrected chi connectivity index (χ4v) is 3.18. The van der Waals surface area contributed by atoms with Crippen LogP contribution in [-0.2, 0) is 21.3 Å². The van der Waals surface area contributed by atoms with Gasteiger partial charge in [0.25, 0.3) is 0 Å². The average molecular weight is 300 g/mol. The number of nitrogens with one attached hydrogen (secondary N) is 2. The molecule has 0 radical (unpaired) electrons. The molecule has 20 heavy (non-hydrogen) atoms. The zero-order valence-corrected chi connectivity index (χ0v) is 13.4. The summed E-state index contributed by atoms with van der Waals surface area (Å²) in [7, 11) is -1.65. The molecule has 0 aliphatic heterocycles. The summed E-state index contributed by atoms with van der Waals surface area (Å²) < 4.78 is 32.4. The summed E-state index contributed by atoms with van der Waals surface area (Å²) in [4.78, 5) is 0.329. The lowest BCUT2D eigenvalue weighted by atomic mass is 10.1. The van der Waals surface area contributed by atoms with Crippen LogP contribution in [0.2, 0.25) is 0 Å². The van der Waals surface area contributed by atoms with Gasteiger partial charge in [-0.2, -0.15) is 0 Å². The third-order valence-corrected chi connectivity index (χ3v) is 4.50. The molecular weight excluding hydrogens is 276 g/mol. The molecule has 1 rings (SSSR count). The lowest BCUT2D eigenvalue weighted by Gasteiger charge is -2.13. The van der Waals surface area contributed by atoms with E-state index in [0.717, 1.165) is 11.1 Å². The zero-order chi connectivity index (χ0) is 15.2. The fourth-order valence-electron chi connectivity index (χ4n) is 1.88. The molecule has 0 aromatic heterocycles. The number of hydrogen-bond donors (Lipinski definition) is 2. The van der Waals surface area contributed by atoms with Gasteiger partial charge in [0.1, 0.15) is 0 Å². The lowest BCUT2D eigenvalue weighted by Crippen LogP contribution is -2.29. The van der Waals surface area contributed by atoms with Crippen molar-refractivity contribution in [2.45, 2.75) is 38.3 Å². The van der Waals surface area contributed by atoms with E-state index in [0.29, 0.717) is 18.0 Å². The largest absolute Gasteiger partial charge is 0.377 e. The van der Waals surface area contributed by atoms with Gasteiger partial charge in [0.2, 0.25) is 10.0 Å². The van der Waals surface area contributed by atoms with Crippen LogP contribution >= 0.6 is 0 Å². The Kier molecular flexibility index (Phi) is 6.61. The van der Waals surface area contributed by atoms with E-state index in [1.807, 2.05) is 33.9 Å². The Balaban J connectivity index is 2.79. The average Bonchev–Trinajstić information content (AvgIpc) is 2.37. The van der Waals surface area contributed by atoms with E-state index in [-0.39, 0.29) is 12.6 Å². The third-order valence-electron chi connectivity index (χ3n) is 2.90. The monoisotopic (exact) mass is 300 g/mol. The summed E-state index contributed by atoms with van der Waals surface area (Å²) in [5.74, 6) is 0. The second-order valence-corrected chi connectivity index (χ2v) is 6.62. The Morgan fingerprint density at radius 1 is 1.30 bits per heavy atom. The van der Waals surface area contributed by atoms with Crippen LogP contribution in [0.3, 0.4) is 0 Å². The Morgan fingerprint density at radius 2 is 2.00 bits per heavy atom. The maximum Gasteiger partial charge on any atom is 0.240 e. The van der Waals surface area contributed by atoms with E-state index < -0.39 is 10.0 Å². The fraction of sp³-hybridized carbons (Fsp3) is 0.571. The molecule has 2 N–H and O–H groups in total. The maximum atomic E-state index is 12.3. The summed E-state index contributed by atoms with van der Waals surface area (Å²) in [5, 5.41) is 3.03. The molecule has 0 aliphatic carbocycles. The predicted octanol–water partition coefficient (Wildman–Crippen LogP) is 1.42. The normalized spacial score (nSPS) is 12.1. The molecule has 0 bridgehead atoms. The highest BCUT2D eigenvalue weighted by atomic mass is 32.2. The summed E-state index contributed by atoms with van der Waals surface area (Å²) >= 11 is 0. The molecule has 0 aliphatic rings. The van der Waals surface area contributed by atoms with Gasteiger partial charge < -0.3 is 10.1 Å². The molecule has 0 fully saturated rings. The highest BCUT2D eigenvalue weighted by Gasteiger charge is 2.17. The highest BCUT2D eigenvalue weighted by molar-refractivity contribution is 7.89. The van der Waals surface area contributed by atoms with E-state index >= 15 is 0 Å². The molecule has 0 atom stereocenters. The van der Waals surface area contributed by atoms with Gasteiger partial charge in [-0.05, 0) is 45.0 Å². The molecule has 5 nitrogen and oxygen atoms in total. The molecule has 0 unspecified atom stereocenters. The van der Waals surface area contributed by atoms with Crippen LogP contribution in [0.25, 0.3) is 0 Å². The second-order valence-electron chi connectivity index (χ2n) is 4.89. The van der Waals surface area contributed by atoms with Gasteiger partial charge in [-0.25, -0.2) is 13.1 Å². The Labute approximate surface area is 121 Å². The van der Waals surface area contributed by atoms with E-state index in [2.05, 4.69) is 10.0 Å². The first-order valence-corrected chi connectivity index (χ1v) is 8.21. The van der Waals surface area contributed by atoms with Crippen molar-refractivity contribution in [2.75, 3.05) is 20.2 Å². The molecule has 0 saturated carbocycles. The quantitative estimate of drug-likeness (QED) is 0.713. The molecule has 1 aromatic carbocycles. The molecule has 1 aromatic rings. The van der Waals surface area contributed by atoms with Gasteiger partial charge in [0.15, 0.2) is 0 Å². The number of ether oxygens (including phenoxy) is 1. The van der Waals surface area contributed by atoms with Crippen molar-refractivity contribution >= 4 is 10.0 Å². The lowest BCUT2D eigenvalue weighted by molar-refractivity contribution is 0.0834. The first kappa shape index (κ1) is 17.1. The maximum absolute atomic E-state index is 12.3. The highest BCUT2D eigenvalue weighted by Crippen LogP contribution is 2.18. The van der Waals surface area contributed by atoms with E-state index in [1.54, 1.807) is 12.1 Å². The van der Waals surface area contributed by atoms with E-state index in [9.17, 15) is 8.42 Å². The molecule has 0 spiro atoms. The molecule has 0 amide bonds. The van der Waals surface area contributed by atoms with Crippen LogP contribution in [0.15, 0.2) is 23.1 Å². The van der Waals surface area contributed by atoms with Crippen molar-refractivity contribution in [3.05, 3.63) is 29.3 Å². The van der Waals surface area contributed by atoms with Crippen molar-refractivity contribution < 1.29 is 13.2 Å². The van der Waals surface area contributed by atoms with Crippen LogP contribution in [-0.4, -0.2) is 34.7 Å². The van der Waals surface area contributed by atoms with Gasteiger partial charge in [-0.3, -0.25) is 0 Å². The van der Waals surface area contributed by atoms with Crippen molar-refractivity contribution in [3.8, 4) is 0 Å². The molecule has 0 saturated heterocycles. The van der Waals surface area contributed by atoms with Crippen molar-refractivity contribution in [1.29, 1.82) is 0 Å². The SMILES string of the molecule is CNCc1cccc(S(=O)(=O)NCCOC(C)C)c1C. The first-order chi connectivity index (χ1) is 9.38. The smallest absolute Gasteiger partial charge is 0.240 e. The predicted molar refractivity (Wildman–Crippen MR) is 80.2 cm³/mol. The van der Waals surface area contributed by atoms with Crippen molar-refractivity contribution in [3.63, 3.8) is 0 Å². The van der Waals surface area contributed by atoms with Gasteiger partial charge in [0.05, 0.1) is 17.6 Å². The molecule has 6 heteroatoms. The zero-order valence-electron chi connectivity index (χ0n) is 12.6. The van der Waals surface area contributed by atoms with Crippen LogP contribution in [0.4, 0.5) is 0 Å². The third kappa shape index (κ3) is 4.86. The van der Waals surface area contributed by atoms with Crippen LogP contribution in [0.1, 0.15) is 25.0 Å². The van der Waals surface area contributed by atoms with E-state index in [4.69, 9.17) is 4.74 Å². The van der Waals surface area contributed by atoms with E-state index in [1.165, 1.54) is 0 Å². The van der Waals surface area contributed by atoms with Crippen LogP contribution < -0.4 is 10.0 Å². The second kappa shape index (κ2) is 7.73. The minimum atomic E-state index is -3.49. The van der Waals surface area contributed by atoms with Gasteiger partial charge in [0, 0.05) is 13.1 Å². The van der Waals surface area contributed by atoms with Gasteiger partial charge in [-0.1, -0.05) is 12.1 Å². The Bertz CT molecular complexity index is 527. The Hall–Kier alpha value is -0.950. The van der Waals surface area contributed by atoms with Crippen LogP contribution in [0, 0.1) is 6.92 Å². The number of hydrogen-bond acceptors (Lipinski definition) is 4. The van der Waals surface area contributed by atoms with Gasteiger partial charge in [-0.15, -0.1) is 0 Å². The summed E-state index contributed by atoms with van der Waals surface area (Å²) in [5.41, 5.74) is 1.76. The number of benzene rings is 1. The number of rotatable bonds is 8. The molecule has 114 valence electrons. The van der Waals surface area contributed by atoms with Crippen molar-refractivity contribution in [1.82, 2.24) is 10.0 Å². The van der Waals surface area contributed by atoms with Crippen molar-refractivity contribution in [2.24, 2.45) is 0 Å². The summed E-state index contributed by atoms with van der Waals surface area (Å²) in [6.45, 7) is 6.94. The minimum Gasteiger partial charge on any atom is -0.377 e. The first-order valence-electron chi connectivity index (χ1n) is 6.73. The number of sulfonamides is 1. The summed E-state index contributed by atoms with van der Waals surface area (Å²) in [6, 6.07) is 5.31. The minimum absolute atomic E-state index is 0.0974. The standard InChI is InChI=1S/C14H24N2O3S/c1-11(2)19-9-8-16-20(17,18)14-7-5-6-13(10-15-4)12(14)3/h5-7,11,15-16H,8-10H2,1-4H3. The summed E-state index contributed by atoms with van der Waals surface area (Å²) in [6.07, 6.45) is 0.0974.